The fourth-order valence-corrected chi connectivity index (χ4v) is 5.04. The highest BCUT2D eigenvalue weighted by atomic mass is 32.2. The van der Waals surface area contributed by atoms with E-state index in [9.17, 15) is 18.0 Å². The van der Waals surface area contributed by atoms with Crippen molar-refractivity contribution in [3.05, 3.63) is 102 Å². The summed E-state index contributed by atoms with van der Waals surface area (Å²) in [6, 6.07) is 25.0. The first kappa shape index (κ1) is 28.9. The second kappa shape index (κ2) is 13.2. The fraction of sp³-hybridized carbons (Fsp3) is 0.333. The number of hydrogen-bond acceptors (Lipinski definition) is 4. The van der Waals surface area contributed by atoms with Gasteiger partial charge in [-0.2, -0.15) is 0 Å². The molecule has 0 aliphatic rings. The number of benzene rings is 3. The summed E-state index contributed by atoms with van der Waals surface area (Å²) >= 11 is 0. The summed E-state index contributed by atoms with van der Waals surface area (Å²) in [5.74, 6) is -0.494. The Bertz CT molecular complexity index is 1310. The lowest BCUT2D eigenvalue weighted by atomic mass is 10.0. The molecule has 8 heteroatoms. The zero-order valence-corrected chi connectivity index (χ0v) is 23.3. The van der Waals surface area contributed by atoms with Crippen LogP contribution in [0.1, 0.15) is 30.5 Å². The normalized spacial score (nSPS) is 12.1. The maximum absolute atomic E-state index is 14.0. The third-order valence-electron chi connectivity index (χ3n) is 6.11. The Kier molecular flexibility index (Phi) is 10.1. The molecule has 0 aliphatic heterocycles. The molecule has 3 aromatic carbocycles. The lowest BCUT2D eigenvalue weighted by molar-refractivity contribution is -0.140. The molecule has 7 nitrogen and oxygen atoms in total. The maximum atomic E-state index is 14.0. The van der Waals surface area contributed by atoms with E-state index in [0.717, 1.165) is 27.3 Å². The minimum absolute atomic E-state index is 0.166. The molecule has 38 heavy (non-hydrogen) atoms. The van der Waals surface area contributed by atoms with E-state index >= 15 is 0 Å². The molecule has 0 fully saturated rings. The highest BCUT2D eigenvalue weighted by Gasteiger charge is 2.33. The summed E-state index contributed by atoms with van der Waals surface area (Å²) in [5, 5.41) is 2.99. The van der Waals surface area contributed by atoms with Gasteiger partial charge in [-0.3, -0.25) is 13.9 Å². The third kappa shape index (κ3) is 8.45. The van der Waals surface area contributed by atoms with Crippen molar-refractivity contribution >= 4 is 27.5 Å². The summed E-state index contributed by atoms with van der Waals surface area (Å²) in [7, 11) is -3.77. The van der Waals surface area contributed by atoms with Gasteiger partial charge in [0, 0.05) is 19.5 Å². The van der Waals surface area contributed by atoms with Crippen molar-refractivity contribution in [1.82, 2.24) is 10.2 Å². The van der Waals surface area contributed by atoms with Crippen molar-refractivity contribution in [2.75, 3.05) is 23.7 Å². The molecule has 2 amide bonds. The summed E-state index contributed by atoms with van der Waals surface area (Å²) in [4.78, 5) is 29.1. The highest BCUT2D eigenvalue weighted by molar-refractivity contribution is 7.92. The number of carbonyl (C=O) groups is 2. The number of rotatable bonds is 12. The lowest BCUT2D eigenvalue weighted by Gasteiger charge is -2.33. The standard InChI is InChI=1S/C30H37N3O4S/c1-23(2)20-31-30(35)28(19-25-13-7-5-8-14-25)32(21-26-15-11-12-24(3)18-26)29(34)22-33(38(4,36)37)27-16-9-6-10-17-27/h5-18,23,28H,19-22H2,1-4H3,(H,31,35)/t28-/m1/s1. The summed E-state index contributed by atoms with van der Waals surface area (Å²) in [6.07, 6.45) is 1.38. The Labute approximate surface area is 226 Å². The first-order valence-electron chi connectivity index (χ1n) is 12.7. The maximum Gasteiger partial charge on any atom is 0.244 e. The van der Waals surface area contributed by atoms with Gasteiger partial charge in [0.15, 0.2) is 0 Å². The molecule has 0 saturated heterocycles. The molecule has 0 heterocycles. The Morgan fingerprint density at radius 2 is 1.47 bits per heavy atom. The van der Waals surface area contributed by atoms with Crippen molar-refractivity contribution < 1.29 is 18.0 Å². The van der Waals surface area contributed by atoms with Crippen LogP contribution in [0.3, 0.4) is 0 Å². The SMILES string of the molecule is Cc1cccc(CN(C(=O)CN(c2ccccc2)S(C)(=O)=O)[C@H](Cc2ccccc2)C(=O)NCC(C)C)c1. The number of aryl methyl sites for hydroxylation is 1. The van der Waals surface area contributed by atoms with Crippen molar-refractivity contribution in [2.45, 2.75) is 39.8 Å². The number of sulfonamides is 1. The van der Waals surface area contributed by atoms with Crippen LogP contribution >= 0.6 is 0 Å². The van der Waals surface area contributed by atoms with Gasteiger partial charge in [-0.05, 0) is 36.1 Å². The van der Waals surface area contributed by atoms with Gasteiger partial charge in [0.25, 0.3) is 0 Å². The zero-order chi connectivity index (χ0) is 27.7. The molecule has 3 aromatic rings. The number of para-hydroxylation sites is 1. The van der Waals surface area contributed by atoms with Gasteiger partial charge in [0.05, 0.1) is 11.9 Å². The smallest absolute Gasteiger partial charge is 0.244 e. The van der Waals surface area contributed by atoms with Crippen LogP contribution in [0.15, 0.2) is 84.9 Å². The van der Waals surface area contributed by atoms with E-state index in [4.69, 9.17) is 0 Å². The number of anilines is 1. The van der Waals surface area contributed by atoms with Crippen LogP contribution in [0.2, 0.25) is 0 Å². The van der Waals surface area contributed by atoms with E-state index in [2.05, 4.69) is 5.32 Å². The molecule has 0 unspecified atom stereocenters. The molecule has 1 N–H and O–H groups in total. The van der Waals surface area contributed by atoms with Crippen molar-refractivity contribution in [3.63, 3.8) is 0 Å². The molecule has 0 aliphatic carbocycles. The average molecular weight is 536 g/mol. The number of amides is 2. The van der Waals surface area contributed by atoms with E-state index in [0.29, 0.717) is 18.7 Å². The molecule has 202 valence electrons. The Hall–Kier alpha value is -3.65. The Balaban J connectivity index is 2.03. The van der Waals surface area contributed by atoms with Gasteiger partial charge < -0.3 is 10.2 Å². The molecule has 3 rings (SSSR count). The average Bonchev–Trinajstić information content (AvgIpc) is 2.88. The second-order valence-electron chi connectivity index (χ2n) is 9.96. The molecule has 1 atom stereocenters. The van der Waals surface area contributed by atoms with Crippen molar-refractivity contribution in [3.8, 4) is 0 Å². The van der Waals surface area contributed by atoms with Gasteiger partial charge in [0.1, 0.15) is 12.6 Å². The molecular formula is C30H37N3O4S. The first-order valence-corrected chi connectivity index (χ1v) is 14.6. The first-order chi connectivity index (χ1) is 18.0. The molecular weight excluding hydrogens is 498 g/mol. The number of hydrogen-bond donors (Lipinski definition) is 1. The fourth-order valence-electron chi connectivity index (χ4n) is 4.19. The van der Waals surface area contributed by atoms with Gasteiger partial charge in [-0.15, -0.1) is 0 Å². The minimum atomic E-state index is -3.77. The van der Waals surface area contributed by atoms with Gasteiger partial charge in [-0.1, -0.05) is 92.2 Å². The number of nitrogens with one attached hydrogen (secondary N) is 1. The van der Waals surface area contributed by atoms with Crippen LogP contribution in [-0.4, -0.2) is 50.5 Å². The van der Waals surface area contributed by atoms with Crippen LogP contribution in [0.25, 0.3) is 0 Å². The van der Waals surface area contributed by atoms with Crippen LogP contribution in [0.4, 0.5) is 5.69 Å². The minimum Gasteiger partial charge on any atom is -0.354 e. The topological polar surface area (TPSA) is 86.8 Å². The van der Waals surface area contributed by atoms with E-state index in [1.165, 1.54) is 4.90 Å². The van der Waals surface area contributed by atoms with E-state index < -0.39 is 28.5 Å². The lowest BCUT2D eigenvalue weighted by Crippen LogP contribution is -2.53. The number of carbonyl (C=O) groups excluding carboxylic acids is 2. The van der Waals surface area contributed by atoms with E-state index in [1.807, 2.05) is 75.4 Å². The van der Waals surface area contributed by atoms with Gasteiger partial charge >= 0.3 is 0 Å². The summed E-state index contributed by atoms with van der Waals surface area (Å²) in [5.41, 5.74) is 3.18. The molecule has 0 saturated carbocycles. The predicted octanol–water partition coefficient (Wildman–Crippen LogP) is 4.17. The zero-order valence-electron chi connectivity index (χ0n) is 22.5. The predicted molar refractivity (Wildman–Crippen MR) is 152 cm³/mol. The Morgan fingerprint density at radius 3 is 2.05 bits per heavy atom. The van der Waals surface area contributed by atoms with Crippen molar-refractivity contribution in [1.29, 1.82) is 0 Å². The van der Waals surface area contributed by atoms with Gasteiger partial charge in [0.2, 0.25) is 21.8 Å². The van der Waals surface area contributed by atoms with Crippen LogP contribution in [0.5, 0.6) is 0 Å². The second-order valence-corrected chi connectivity index (χ2v) is 11.9. The Morgan fingerprint density at radius 1 is 0.868 bits per heavy atom. The third-order valence-corrected chi connectivity index (χ3v) is 7.25. The molecule has 0 aromatic heterocycles. The van der Waals surface area contributed by atoms with Crippen LogP contribution in [-0.2, 0) is 32.6 Å². The molecule has 0 radical (unpaired) electrons. The largest absolute Gasteiger partial charge is 0.354 e. The van der Waals surface area contributed by atoms with Crippen LogP contribution < -0.4 is 9.62 Å². The highest BCUT2D eigenvalue weighted by Crippen LogP contribution is 2.20. The number of nitrogens with zero attached hydrogens (tertiary/aromatic N) is 2. The van der Waals surface area contributed by atoms with E-state index in [1.54, 1.807) is 30.3 Å². The van der Waals surface area contributed by atoms with Gasteiger partial charge in [-0.25, -0.2) is 8.42 Å². The quantitative estimate of drug-likeness (QED) is 0.377. The molecule has 0 spiro atoms. The van der Waals surface area contributed by atoms with Crippen LogP contribution in [0, 0.1) is 12.8 Å². The summed E-state index contributed by atoms with van der Waals surface area (Å²) in [6.45, 7) is 6.19. The van der Waals surface area contributed by atoms with Crippen molar-refractivity contribution in [2.24, 2.45) is 5.92 Å². The summed E-state index contributed by atoms with van der Waals surface area (Å²) < 4.78 is 26.6. The monoisotopic (exact) mass is 535 g/mol. The van der Waals surface area contributed by atoms with E-state index in [-0.39, 0.29) is 18.4 Å². The molecule has 0 bridgehead atoms.